The van der Waals surface area contributed by atoms with Crippen LogP contribution < -0.4 is 4.90 Å². The monoisotopic (exact) mass is 322 g/mol. The summed E-state index contributed by atoms with van der Waals surface area (Å²) in [7, 11) is 3.88. The zero-order valence-corrected chi connectivity index (χ0v) is 12.7. The molecule has 1 aromatic rings. The van der Waals surface area contributed by atoms with Gasteiger partial charge in [0.15, 0.2) is 0 Å². The summed E-state index contributed by atoms with van der Waals surface area (Å²) >= 11 is 3.46. The minimum Gasteiger partial charge on any atom is -0.462 e. The van der Waals surface area contributed by atoms with E-state index < -0.39 is 5.97 Å². The fourth-order valence-electron chi connectivity index (χ4n) is 1.49. The molecule has 0 radical (unpaired) electrons. The summed E-state index contributed by atoms with van der Waals surface area (Å²) in [4.78, 5) is 13.5. The van der Waals surface area contributed by atoms with Crippen molar-refractivity contribution >= 4 is 33.7 Å². The largest absolute Gasteiger partial charge is 0.462 e. The molecule has 0 aliphatic heterocycles. The molecule has 1 aromatic carbocycles. The number of hydrogen-bond acceptors (Lipinski definition) is 4. The van der Waals surface area contributed by atoms with Crippen LogP contribution in [0.1, 0.15) is 12.5 Å². The Morgan fingerprint density at radius 1 is 1.53 bits per heavy atom. The molecule has 5 heteroatoms. The lowest BCUT2D eigenvalue weighted by atomic mass is 10.1. The van der Waals surface area contributed by atoms with Crippen molar-refractivity contribution in [2.45, 2.75) is 6.92 Å². The minimum absolute atomic E-state index is 0.00801. The average Bonchev–Trinajstić information content (AvgIpc) is 2.35. The smallest absolute Gasteiger partial charge is 0.348 e. The number of benzene rings is 1. The molecule has 0 aromatic heterocycles. The van der Waals surface area contributed by atoms with Crippen LogP contribution >= 0.6 is 15.9 Å². The predicted molar refractivity (Wildman–Crippen MR) is 78.7 cm³/mol. The molecule has 0 saturated carbocycles. The quantitative estimate of drug-likeness (QED) is 0.486. The first-order valence-electron chi connectivity index (χ1n) is 5.75. The Hall–Kier alpha value is -1.80. The molecule has 0 spiro atoms. The van der Waals surface area contributed by atoms with E-state index in [1.807, 2.05) is 43.3 Å². The zero-order valence-electron chi connectivity index (χ0n) is 11.1. The van der Waals surface area contributed by atoms with Crippen molar-refractivity contribution < 1.29 is 9.53 Å². The minimum atomic E-state index is -0.599. The third kappa shape index (κ3) is 4.11. The first-order chi connectivity index (χ1) is 8.99. The molecule has 0 heterocycles. The van der Waals surface area contributed by atoms with E-state index in [2.05, 4.69) is 15.9 Å². The molecule has 19 heavy (non-hydrogen) atoms. The topological polar surface area (TPSA) is 53.3 Å². The van der Waals surface area contributed by atoms with Gasteiger partial charge < -0.3 is 9.64 Å². The van der Waals surface area contributed by atoms with E-state index in [4.69, 9.17) is 10.00 Å². The molecule has 4 nitrogen and oxygen atoms in total. The van der Waals surface area contributed by atoms with E-state index in [0.29, 0.717) is 0 Å². The molecule has 0 amide bonds. The van der Waals surface area contributed by atoms with Crippen LogP contribution in [0.4, 0.5) is 5.69 Å². The van der Waals surface area contributed by atoms with Gasteiger partial charge in [-0.3, -0.25) is 0 Å². The average molecular weight is 323 g/mol. The number of nitrogens with zero attached hydrogens (tertiary/aromatic N) is 2. The van der Waals surface area contributed by atoms with Gasteiger partial charge in [0.2, 0.25) is 0 Å². The van der Waals surface area contributed by atoms with Crippen LogP contribution in [0.3, 0.4) is 0 Å². The number of anilines is 1. The highest BCUT2D eigenvalue weighted by molar-refractivity contribution is 9.10. The van der Waals surface area contributed by atoms with E-state index in [0.717, 1.165) is 15.7 Å². The van der Waals surface area contributed by atoms with Gasteiger partial charge in [-0.15, -0.1) is 0 Å². The molecule has 0 fully saturated rings. The summed E-state index contributed by atoms with van der Waals surface area (Å²) in [6.45, 7) is 1.95. The molecular formula is C14H15BrN2O2. The van der Waals surface area contributed by atoms with Crippen LogP contribution in [0.15, 0.2) is 28.2 Å². The van der Waals surface area contributed by atoms with Crippen molar-refractivity contribution in [3.63, 3.8) is 0 Å². The Balaban J connectivity index is 3.07. The molecular weight excluding hydrogens is 308 g/mol. The third-order valence-corrected chi connectivity index (χ3v) is 3.02. The first kappa shape index (κ1) is 15.3. The molecule has 100 valence electrons. The normalized spacial score (nSPS) is 10.8. The standard InChI is InChI=1S/C14H15BrN2O2/c1-4-19-14(18)11(9-16)7-10-5-6-13(17(2)3)12(15)8-10/h5-8H,4H2,1-3H3. The Bertz CT molecular complexity index is 545. The van der Waals surface area contributed by atoms with Gasteiger partial charge in [-0.05, 0) is 46.6 Å². The van der Waals surface area contributed by atoms with Gasteiger partial charge in [-0.25, -0.2) is 4.79 Å². The Kier molecular flexibility index (Phi) is 5.58. The summed E-state index contributed by atoms with van der Waals surface area (Å²) in [6, 6.07) is 7.46. The number of ether oxygens (including phenoxy) is 1. The molecule has 0 aliphatic rings. The molecule has 1 rings (SSSR count). The summed E-state index contributed by atoms with van der Waals surface area (Å²) in [5.74, 6) is -0.599. The van der Waals surface area contributed by atoms with Crippen molar-refractivity contribution in [2.24, 2.45) is 0 Å². The van der Waals surface area contributed by atoms with E-state index >= 15 is 0 Å². The zero-order chi connectivity index (χ0) is 14.4. The van der Waals surface area contributed by atoms with Crippen LogP contribution in [-0.4, -0.2) is 26.7 Å². The fraction of sp³-hybridized carbons (Fsp3) is 0.286. The lowest BCUT2D eigenvalue weighted by Crippen LogP contribution is -2.09. The van der Waals surface area contributed by atoms with E-state index in [1.165, 1.54) is 6.08 Å². The van der Waals surface area contributed by atoms with Gasteiger partial charge in [0.25, 0.3) is 0 Å². The van der Waals surface area contributed by atoms with Crippen molar-refractivity contribution in [2.75, 3.05) is 25.6 Å². The highest BCUT2D eigenvalue weighted by Gasteiger charge is 2.10. The van der Waals surface area contributed by atoms with Crippen LogP contribution in [0, 0.1) is 11.3 Å². The number of nitriles is 1. The van der Waals surface area contributed by atoms with Crippen LogP contribution in [0.2, 0.25) is 0 Å². The molecule has 0 atom stereocenters. The number of carbonyl (C=O) groups is 1. The second kappa shape index (κ2) is 6.95. The van der Waals surface area contributed by atoms with Gasteiger partial charge in [-0.1, -0.05) is 6.07 Å². The predicted octanol–water partition coefficient (Wildman–Crippen LogP) is 2.99. The fourth-order valence-corrected chi connectivity index (χ4v) is 2.24. The van der Waals surface area contributed by atoms with E-state index in [1.54, 1.807) is 6.92 Å². The number of esters is 1. The van der Waals surface area contributed by atoms with Crippen molar-refractivity contribution in [1.82, 2.24) is 0 Å². The first-order valence-corrected chi connectivity index (χ1v) is 6.54. The maximum atomic E-state index is 11.5. The van der Waals surface area contributed by atoms with Gasteiger partial charge >= 0.3 is 5.97 Å². The summed E-state index contributed by atoms with van der Waals surface area (Å²) in [5.41, 5.74) is 1.78. The molecule has 0 aliphatic carbocycles. The Labute approximate surface area is 121 Å². The van der Waals surface area contributed by atoms with E-state index in [-0.39, 0.29) is 12.2 Å². The number of halogens is 1. The molecule has 0 bridgehead atoms. The second-order valence-electron chi connectivity index (χ2n) is 4.00. The van der Waals surface area contributed by atoms with Gasteiger partial charge in [0.05, 0.1) is 12.3 Å². The maximum Gasteiger partial charge on any atom is 0.348 e. The SMILES string of the molecule is CCOC(=O)C(C#N)=Cc1ccc(N(C)C)c(Br)c1. The van der Waals surface area contributed by atoms with Crippen molar-refractivity contribution in [3.05, 3.63) is 33.8 Å². The lowest BCUT2D eigenvalue weighted by molar-refractivity contribution is -0.137. The van der Waals surface area contributed by atoms with Crippen LogP contribution in [-0.2, 0) is 9.53 Å². The van der Waals surface area contributed by atoms with Crippen LogP contribution in [0.5, 0.6) is 0 Å². The number of hydrogen-bond donors (Lipinski definition) is 0. The van der Waals surface area contributed by atoms with Crippen molar-refractivity contribution in [1.29, 1.82) is 5.26 Å². The summed E-state index contributed by atoms with van der Waals surface area (Å²) in [5, 5.41) is 8.96. The summed E-state index contributed by atoms with van der Waals surface area (Å²) in [6.07, 6.45) is 1.52. The van der Waals surface area contributed by atoms with Gasteiger partial charge in [-0.2, -0.15) is 5.26 Å². The third-order valence-electron chi connectivity index (χ3n) is 2.38. The highest BCUT2D eigenvalue weighted by Crippen LogP contribution is 2.26. The molecule has 0 saturated heterocycles. The van der Waals surface area contributed by atoms with Crippen LogP contribution in [0.25, 0.3) is 6.08 Å². The maximum absolute atomic E-state index is 11.5. The van der Waals surface area contributed by atoms with Gasteiger partial charge in [0.1, 0.15) is 11.6 Å². The lowest BCUT2D eigenvalue weighted by Gasteiger charge is -2.14. The van der Waals surface area contributed by atoms with Gasteiger partial charge in [0, 0.05) is 18.6 Å². The summed E-state index contributed by atoms with van der Waals surface area (Å²) < 4.78 is 5.71. The second-order valence-corrected chi connectivity index (χ2v) is 4.85. The van der Waals surface area contributed by atoms with Crippen molar-refractivity contribution in [3.8, 4) is 6.07 Å². The molecule has 0 unspecified atom stereocenters. The highest BCUT2D eigenvalue weighted by atomic mass is 79.9. The number of carbonyl (C=O) groups excluding carboxylic acids is 1. The van der Waals surface area contributed by atoms with E-state index in [9.17, 15) is 4.79 Å². The Morgan fingerprint density at radius 2 is 2.21 bits per heavy atom. The number of rotatable bonds is 4. The molecule has 0 N–H and O–H groups in total. The Morgan fingerprint density at radius 3 is 2.68 bits per heavy atom.